The maximum Gasteiger partial charge on any atom is 0.193 e. The first-order valence-corrected chi connectivity index (χ1v) is 9.75. The Bertz CT molecular complexity index is 422. The lowest BCUT2D eigenvalue weighted by molar-refractivity contribution is 0.153. The molecular weight excluding hydrogens is 302 g/mol. The van der Waals surface area contributed by atoms with Gasteiger partial charge in [-0.2, -0.15) is 0 Å². The van der Waals surface area contributed by atoms with Crippen molar-refractivity contribution in [1.29, 1.82) is 0 Å². The molecule has 0 aliphatic rings. The molecule has 0 aliphatic carbocycles. The van der Waals surface area contributed by atoms with Crippen LogP contribution in [0.1, 0.15) is 25.7 Å². The van der Waals surface area contributed by atoms with E-state index in [1.54, 1.807) is 7.05 Å². The van der Waals surface area contributed by atoms with Crippen molar-refractivity contribution in [3.05, 3.63) is 12.7 Å². The fourth-order valence-electron chi connectivity index (χ4n) is 1.85. The predicted octanol–water partition coefficient (Wildman–Crippen LogP) is 1.30. The summed E-state index contributed by atoms with van der Waals surface area (Å²) in [6.07, 6.45) is 7.71. The van der Waals surface area contributed by atoms with Crippen molar-refractivity contribution in [3.63, 3.8) is 0 Å². The molecule has 0 amide bonds. The quantitative estimate of drug-likeness (QED) is 0.252. The second-order valence-corrected chi connectivity index (χ2v) is 7.54. The number of rotatable bonds is 12. The summed E-state index contributed by atoms with van der Waals surface area (Å²) in [6.45, 7) is 5.97. The van der Waals surface area contributed by atoms with Crippen LogP contribution in [0.25, 0.3) is 0 Å². The van der Waals surface area contributed by atoms with E-state index in [2.05, 4.69) is 21.8 Å². The number of allylic oxidation sites excluding steroid dienone is 1. The molecule has 0 aromatic heterocycles. The van der Waals surface area contributed by atoms with Gasteiger partial charge in [-0.05, 0) is 19.3 Å². The van der Waals surface area contributed by atoms with Gasteiger partial charge in [0.25, 0.3) is 0 Å². The Labute approximate surface area is 135 Å². The van der Waals surface area contributed by atoms with E-state index in [1.807, 2.05) is 13.1 Å². The van der Waals surface area contributed by atoms with Crippen molar-refractivity contribution >= 4 is 15.8 Å². The summed E-state index contributed by atoms with van der Waals surface area (Å²) in [6, 6.07) is 0. The van der Waals surface area contributed by atoms with Gasteiger partial charge in [0, 0.05) is 33.4 Å². The van der Waals surface area contributed by atoms with Gasteiger partial charge < -0.3 is 15.0 Å². The van der Waals surface area contributed by atoms with Crippen LogP contribution in [0.15, 0.2) is 17.6 Å². The van der Waals surface area contributed by atoms with Crippen LogP contribution in [0.4, 0.5) is 0 Å². The molecule has 0 bridgehead atoms. The lowest BCUT2D eigenvalue weighted by atomic mass is 10.2. The highest BCUT2D eigenvalue weighted by Crippen LogP contribution is 2.01. The molecule has 7 heteroatoms. The Morgan fingerprint density at radius 3 is 2.64 bits per heavy atom. The third-order valence-electron chi connectivity index (χ3n) is 3.10. The molecule has 0 aliphatic heterocycles. The molecule has 0 fully saturated rings. The van der Waals surface area contributed by atoms with Crippen LogP contribution in [0, 0.1) is 0 Å². The SMILES string of the molecule is C=CCCCCCN(C)C(=NC)NCCOCCS(C)(=O)=O. The van der Waals surface area contributed by atoms with E-state index in [1.165, 1.54) is 19.1 Å². The molecule has 0 unspecified atom stereocenters. The highest BCUT2D eigenvalue weighted by Gasteiger charge is 2.05. The number of guanidine groups is 1. The minimum absolute atomic E-state index is 0.0618. The number of ether oxygens (including phenoxy) is 1. The normalized spacial score (nSPS) is 12.2. The molecule has 0 atom stereocenters. The summed E-state index contributed by atoms with van der Waals surface area (Å²) in [5.74, 6) is 0.891. The lowest BCUT2D eigenvalue weighted by Crippen LogP contribution is -2.40. The highest BCUT2D eigenvalue weighted by atomic mass is 32.2. The van der Waals surface area contributed by atoms with Gasteiger partial charge in [0.15, 0.2) is 5.96 Å². The number of nitrogens with zero attached hydrogens (tertiary/aromatic N) is 2. The molecule has 0 radical (unpaired) electrons. The van der Waals surface area contributed by atoms with Crippen LogP contribution < -0.4 is 5.32 Å². The molecule has 0 saturated heterocycles. The monoisotopic (exact) mass is 333 g/mol. The molecule has 0 heterocycles. The van der Waals surface area contributed by atoms with Crippen LogP contribution >= 0.6 is 0 Å². The third kappa shape index (κ3) is 12.6. The first kappa shape index (κ1) is 20.9. The average Bonchev–Trinajstić information content (AvgIpc) is 2.45. The van der Waals surface area contributed by atoms with Gasteiger partial charge in [0.05, 0.1) is 19.0 Å². The fourth-order valence-corrected chi connectivity index (χ4v) is 2.27. The summed E-state index contributed by atoms with van der Waals surface area (Å²) >= 11 is 0. The summed E-state index contributed by atoms with van der Waals surface area (Å²) in [5.41, 5.74) is 0. The van der Waals surface area contributed by atoms with Gasteiger partial charge in [0.2, 0.25) is 0 Å². The van der Waals surface area contributed by atoms with Crippen molar-refractivity contribution in [3.8, 4) is 0 Å². The van der Waals surface area contributed by atoms with Crippen LogP contribution in [0.2, 0.25) is 0 Å². The standard InChI is InChI=1S/C15H31N3O3S/c1-5-6-7-8-9-11-18(3)15(16-2)17-10-12-21-13-14-22(4,19)20/h5H,1,6-14H2,2-4H3,(H,16,17). The first-order chi connectivity index (χ1) is 10.4. The Morgan fingerprint density at radius 1 is 1.32 bits per heavy atom. The number of aliphatic imine (C=N–C) groups is 1. The largest absolute Gasteiger partial charge is 0.379 e. The maximum absolute atomic E-state index is 10.9. The van der Waals surface area contributed by atoms with Gasteiger partial charge >= 0.3 is 0 Å². The molecule has 0 saturated carbocycles. The molecule has 0 aromatic rings. The van der Waals surface area contributed by atoms with Crippen molar-refractivity contribution in [1.82, 2.24) is 10.2 Å². The van der Waals surface area contributed by atoms with Crippen molar-refractivity contribution < 1.29 is 13.2 Å². The number of nitrogens with one attached hydrogen (secondary N) is 1. The van der Waals surface area contributed by atoms with E-state index in [0.717, 1.165) is 25.3 Å². The molecule has 0 rings (SSSR count). The smallest absolute Gasteiger partial charge is 0.193 e. The van der Waals surface area contributed by atoms with Crippen LogP contribution in [-0.4, -0.2) is 71.7 Å². The van der Waals surface area contributed by atoms with E-state index in [4.69, 9.17) is 4.74 Å². The van der Waals surface area contributed by atoms with Gasteiger partial charge in [0.1, 0.15) is 9.84 Å². The fraction of sp³-hybridized carbons (Fsp3) is 0.800. The second-order valence-electron chi connectivity index (χ2n) is 5.28. The van der Waals surface area contributed by atoms with E-state index in [9.17, 15) is 8.42 Å². The topological polar surface area (TPSA) is 71.0 Å². The van der Waals surface area contributed by atoms with Crippen molar-refractivity contribution in [2.45, 2.75) is 25.7 Å². The third-order valence-corrected chi connectivity index (χ3v) is 4.01. The molecule has 22 heavy (non-hydrogen) atoms. The molecule has 6 nitrogen and oxygen atoms in total. The summed E-state index contributed by atoms with van der Waals surface area (Å²) < 4.78 is 27.2. The van der Waals surface area contributed by atoms with E-state index < -0.39 is 9.84 Å². The van der Waals surface area contributed by atoms with Crippen molar-refractivity contribution in [2.24, 2.45) is 4.99 Å². The second kappa shape index (κ2) is 12.5. The number of unbranched alkanes of at least 4 members (excludes halogenated alkanes) is 3. The molecule has 130 valence electrons. The van der Waals surface area contributed by atoms with Crippen LogP contribution in [0.3, 0.4) is 0 Å². The minimum atomic E-state index is -2.95. The zero-order chi connectivity index (χ0) is 16.8. The number of hydrogen-bond acceptors (Lipinski definition) is 4. The zero-order valence-corrected chi connectivity index (χ0v) is 15.0. The summed E-state index contributed by atoms with van der Waals surface area (Å²) in [4.78, 5) is 6.31. The minimum Gasteiger partial charge on any atom is -0.379 e. The Morgan fingerprint density at radius 2 is 2.05 bits per heavy atom. The number of sulfone groups is 1. The summed E-state index contributed by atoms with van der Waals surface area (Å²) in [5, 5.41) is 3.20. The molecular formula is C15H31N3O3S. The highest BCUT2D eigenvalue weighted by molar-refractivity contribution is 7.90. The Balaban J connectivity index is 3.75. The molecule has 1 N–H and O–H groups in total. The van der Waals surface area contributed by atoms with E-state index in [0.29, 0.717) is 13.2 Å². The predicted molar refractivity (Wildman–Crippen MR) is 93.2 cm³/mol. The van der Waals surface area contributed by atoms with Gasteiger partial charge in [-0.15, -0.1) is 6.58 Å². The lowest BCUT2D eigenvalue weighted by Gasteiger charge is -2.22. The van der Waals surface area contributed by atoms with Gasteiger partial charge in [-0.25, -0.2) is 8.42 Å². The van der Waals surface area contributed by atoms with Gasteiger partial charge in [-0.3, -0.25) is 4.99 Å². The van der Waals surface area contributed by atoms with Crippen molar-refractivity contribution in [2.75, 3.05) is 52.4 Å². The van der Waals surface area contributed by atoms with Crippen LogP contribution in [0.5, 0.6) is 0 Å². The zero-order valence-electron chi connectivity index (χ0n) is 14.2. The molecule has 0 spiro atoms. The van der Waals surface area contributed by atoms with E-state index in [-0.39, 0.29) is 12.4 Å². The number of hydrogen-bond donors (Lipinski definition) is 1. The first-order valence-electron chi connectivity index (χ1n) is 7.69. The maximum atomic E-state index is 10.9. The molecule has 0 aromatic carbocycles. The Kier molecular flexibility index (Phi) is 11.9. The average molecular weight is 333 g/mol. The van der Waals surface area contributed by atoms with E-state index >= 15 is 0 Å². The Hall–Kier alpha value is -1.08. The van der Waals surface area contributed by atoms with Gasteiger partial charge in [-0.1, -0.05) is 12.5 Å². The summed E-state index contributed by atoms with van der Waals surface area (Å²) in [7, 11) is 0.812. The van der Waals surface area contributed by atoms with Crippen LogP contribution in [-0.2, 0) is 14.6 Å².